The van der Waals surface area contributed by atoms with Crippen LogP contribution in [0.2, 0.25) is 0 Å². The summed E-state index contributed by atoms with van der Waals surface area (Å²) in [5.74, 6) is 0. The molecule has 0 bridgehead atoms. The maximum atomic E-state index is 9.37. The minimum Gasteiger partial charge on any atom is -0.396 e. The molecule has 0 unspecified atom stereocenters. The Hall–Kier alpha value is 0.580. The van der Waals surface area contributed by atoms with Gasteiger partial charge in [-0.2, -0.15) is 16.8 Å². The minimum absolute atomic E-state index is 0. The topological polar surface area (TPSA) is 208 Å². The predicted octanol–water partition coefficient (Wildman–Crippen LogP) is -0.0956. The molecule has 0 aromatic rings. The summed E-state index contributed by atoms with van der Waals surface area (Å²) in [4.78, 5) is 0. The zero-order chi connectivity index (χ0) is 22.0. The Morgan fingerprint density at radius 3 is 1.14 bits per heavy atom. The number of hydrogen-bond acceptors (Lipinski definition) is 8. The van der Waals surface area contributed by atoms with Gasteiger partial charge in [0.1, 0.15) is 0 Å². The van der Waals surface area contributed by atoms with Gasteiger partial charge >= 0.3 is 20.8 Å². The molecule has 0 amide bonds. The molecule has 15 heteroatoms. The summed E-state index contributed by atoms with van der Waals surface area (Å²) in [6.07, 6.45) is 4.17. The van der Waals surface area contributed by atoms with Gasteiger partial charge in [-0.25, -0.2) is 0 Å². The van der Waals surface area contributed by atoms with Crippen molar-refractivity contribution in [3.05, 3.63) is 0 Å². The van der Waals surface area contributed by atoms with Crippen LogP contribution in [0.5, 0.6) is 0 Å². The fourth-order valence-corrected chi connectivity index (χ4v) is 1.34. The molecule has 0 atom stereocenters. The van der Waals surface area contributed by atoms with Crippen molar-refractivity contribution in [3.63, 3.8) is 0 Å². The molecule has 169 valence electrons. The Morgan fingerprint density at radius 2 is 0.964 bits per heavy atom. The van der Waals surface area contributed by atoms with E-state index in [1.165, 1.54) is 0 Å². The van der Waals surface area contributed by atoms with Crippen molar-refractivity contribution in [1.82, 2.24) is 0 Å². The van der Waals surface area contributed by atoms with Gasteiger partial charge in [0, 0.05) is 42.8 Å². The normalized spacial score (nSPS) is 11.4. The minimum atomic E-state index is -4.67. The van der Waals surface area contributed by atoms with Crippen molar-refractivity contribution >= 4 is 50.4 Å². The number of aliphatic hydroxyl groups is 2. The second-order valence-electron chi connectivity index (χ2n) is 5.52. The van der Waals surface area contributed by atoms with Gasteiger partial charge in [-0.05, 0) is 12.8 Å². The van der Waals surface area contributed by atoms with Gasteiger partial charge < -0.3 is 19.7 Å². The van der Waals surface area contributed by atoms with E-state index in [1.54, 1.807) is 0 Å². The summed E-state index contributed by atoms with van der Waals surface area (Å²) in [7, 11) is -9.33. The largest absolute Gasteiger partial charge is 0.396 e. The van der Waals surface area contributed by atoms with Crippen LogP contribution in [0.3, 0.4) is 0 Å². The fourth-order valence-electron chi connectivity index (χ4n) is 1.34. The quantitative estimate of drug-likeness (QED) is 0.126. The number of rotatable bonds is 12. The Balaban J connectivity index is -0.000000216. The van der Waals surface area contributed by atoms with Gasteiger partial charge in [0.05, 0.1) is 31.8 Å². The van der Waals surface area contributed by atoms with Crippen molar-refractivity contribution in [2.75, 3.05) is 39.6 Å². The van der Waals surface area contributed by atoms with Crippen LogP contribution >= 0.6 is 0 Å². The third-order valence-electron chi connectivity index (χ3n) is 2.77. The second-order valence-corrected chi connectivity index (χ2v) is 7.32. The standard InChI is InChI=1S/C13H28O4.Na.2H2O4S/c1-3-5-7-16-11-13(9-14,10-15)12-17-8-6-4-2;;2*1-5(2,3)4/h14-15H,3-12H2,1-2H3;;2*(H2,1,2,3,4). The molecular formula is C13H32NaO12S2. The molecule has 0 aromatic carbocycles. The first-order chi connectivity index (χ1) is 12.2. The monoisotopic (exact) mass is 467 g/mol. The Labute approximate surface area is 189 Å². The van der Waals surface area contributed by atoms with E-state index in [4.69, 9.17) is 44.5 Å². The zero-order valence-corrected chi connectivity index (χ0v) is 20.2. The molecule has 0 aliphatic rings. The van der Waals surface area contributed by atoms with E-state index in [2.05, 4.69) is 13.8 Å². The van der Waals surface area contributed by atoms with Gasteiger partial charge in [-0.15, -0.1) is 0 Å². The molecule has 0 aliphatic carbocycles. The molecule has 1 radical (unpaired) electrons. The summed E-state index contributed by atoms with van der Waals surface area (Å²) >= 11 is 0. The second kappa shape index (κ2) is 20.8. The molecule has 12 nitrogen and oxygen atoms in total. The van der Waals surface area contributed by atoms with E-state index in [0.29, 0.717) is 26.4 Å². The van der Waals surface area contributed by atoms with Crippen molar-refractivity contribution < 1.29 is 54.7 Å². The number of unbranched alkanes of at least 4 members (excludes halogenated alkanes) is 2. The zero-order valence-electron chi connectivity index (χ0n) is 16.5. The molecule has 6 N–H and O–H groups in total. The van der Waals surface area contributed by atoms with E-state index in [1.807, 2.05) is 0 Å². The van der Waals surface area contributed by atoms with Crippen molar-refractivity contribution in [2.45, 2.75) is 39.5 Å². The Bertz CT molecular complexity index is 460. The van der Waals surface area contributed by atoms with Gasteiger partial charge in [0.15, 0.2) is 0 Å². The summed E-state index contributed by atoms with van der Waals surface area (Å²) < 4.78 is 74.1. The van der Waals surface area contributed by atoms with E-state index in [-0.39, 0.29) is 42.8 Å². The smallest absolute Gasteiger partial charge is 0.394 e. The maximum Gasteiger partial charge on any atom is 0.394 e. The fraction of sp³-hybridized carbons (Fsp3) is 1.00. The van der Waals surface area contributed by atoms with Crippen LogP contribution in [0, 0.1) is 5.41 Å². The Morgan fingerprint density at radius 1 is 0.714 bits per heavy atom. The molecule has 28 heavy (non-hydrogen) atoms. The van der Waals surface area contributed by atoms with E-state index >= 15 is 0 Å². The van der Waals surface area contributed by atoms with Crippen LogP contribution in [-0.2, 0) is 30.3 Å². The van der Waals surface area contributed by atoms with E-state index < -0.39 is 26.2 Å². The third-order valence-corrected chi connectivity index (χ3v) is 2.77. The molecule has 0 fully saturated rings. The van der Waals surface area contributed by atoms with E-state index in [9.17, 15) is 10.2 Å². The van der Waals surface area contributed by atoms with Crippen LogP contribution in [0.4, 0.5) is 0 Å². The van der Waals surface area contributed by atoms with Crippen LogP contribution in [-0.4, -0.2) is 114 Å². The number of ether oxygens (including phenoxy) is 2. The summed E-state index contributed by atoms with van der Waals surface area (Å²) in [6.45, 7) is 6.04. The number of aliphatic hydroxyl groups excluding tert-OH is 2. The van der Waals surface area contributed by atoms with Gasteiger partial charge in [-0.1, -0.05) is 26.7 Å². The molecule has 0 saturated carbocycles. The molecule has 0 rings (SSSR count). The average molecular weight is 468 g/mol. The first-order valence-corrected chi connectivity index (χ1v) is 10.8. The van der Waals surface area contributed by atoms with Crippen LogP contribution < -0.4 is 0 Å². The molecular weight excluding hydrogens is 435 g/mol. The molecule has 0 saturated heterocycles. The maximum absolute atomic E-state index is 9.37. The third kappa shape index (κ3) is 41.1. The SMILES string of the molecule is CCCCOCC(CO)(CO)COCCCC.O=S(=O)(O)O.O=S(=O)(O)O.[Na]. The van der Waals surface area contributed by atoms with Crippen LogP contribution in [0.25, 0.3) is 0 Å². The summed E-state index contributed by atoms with van der Waals surface area (Å²) in [6, 6.07) is 0. The molecule has 0 aliphatic heterocycles. The van der Waals surface area contributed by atoms with Crippen molar-refractivity contribution in [3.8, 4) is 0 Å². The molecule has 0 spiro atoms. The first-order valence-electron chi connectivity index (χ1n) is 8.01. The van der Waals surface area contributed by atoms with Crippen LogP contribution in [0.1, 0.15) is 39.5 Å². The van der Waals surface area contributed by atoms with Gasteiger partial charge in [-0.3, -0.25) is 18.2 Å². The predicted molar refractivity (Wildman–Crippen MR) is 102 cm³/mol. The first kappa shape index (κ1) is 36.0. The Kier molecular flexibility index (Phi) is 26.8. The summed E-state index contributed by atoms with van der Waals surface area (Å²) in [5, 5.41) is 18.7. The molecule has 0 heterocycles. The van der Waals surface area contributed by atoms with Gasteiger partial charge in [0.2, 0.25) is 0 Å². The van der Waals surface area contributed by atoms with E-state index in [0.717, 1.165) is 25.7 Å². The van der Waals surface area contributed by atoms with Crippen molar-refractivity contribution in [1.29, 1.82) is 0 Å². The average Bonchev–Trinajstić information content (AvgIpc) is 2.51. The van der Waals surface area contributed by atoms with Crippen molar-refractivity contribution in [2.24, 2.45) is 5.41 Å². The van der Waals surface area contributed by atoms with Gasteiger partial charge in [0.25, 0.3) is 0 Å². The number of hydrogen-bond donors (Lipinski definition) is 6. The summed E-state index contributed by atoms with van der Waals surface area (Å²) in [5.41, 5.74) is -0.651. The van der Waals surface area contributed by atoms with Crippen LogP contribution in [0.15, 0.2) is 0 Å². The molecule has 0 aromatic heterocycles.